The standard InChI is InChI=1S/C30H45N3O3S/c1-20(2)5-6-28(37)33-17-25-13-22(12-23-8-10-36-18-27(23)35-4)14-30(25,19-33)29(34)32-9-7-26-24(16-32)11-21(3)15-31-26/h11,15,20,22-23,25,27H,5-10,12-14,16-19H2,1-4H3/t22-,23?,25+,27?,30+/m1/s1. The van der Waals surface area contributed by atoms with Crippen molar-refractivity contribution in [2.24, 2.45) is 29.1 Å². The number of thiocarbonyl (C=S) groups is 1. The number of hydrogen-bond acceptors (Lipinski definition) is 5. The number of nitrogens with zero attached hydrogens (tertiary/aromatic N) is 3. The zero-order valence-electron chi connectivity index (χ0n) is 23.2. The van der Waals surface area contributed by atoms with Crippen LogP contribution in [0.5, 0.6) is 0 Å². The first kappa shape index (κ1) is 27.0. The molecule has 1 aromatic heterocycles. The van der Waals surface area contributed by atoms with E-state index in [0.29, 0.717) is 42.7 Å². The highest BCUT2D eigenvalue weighted by Gasteiger charge is 2.59. The lowest BCUT2D eigenvalue weighted by molar-refractivity contribution is -0.144. The van der Waals surface area contributed by atoms with Crippen molar-refractivity contribution in [3.05, 3.63) is 29.1 Å². The van der Waals surface area contributed by atoms with Crippen LogP contribution in [0.1, 0.15) is 69.2 Å². The maximum Gasteiger partial charge on any atom is 0.231 e. The molecule has 6 nitrogen and oxygen atoms in total. The van der Waals surface area contributed by atoms with Crippen LogP contribution in [0.2, 0.25) is 0 Å². The number of pyridine rings is 1. The van der Waals surface area contributed by atoms with Gasteiger partial charge in [-0.25, -0.2) is 0 Å². The first-order valence-electron chi connectivity index (χ1n) is 14.4. The fraction of sp³-hybridized carbons (Fsp3) is 0.767. The van der Waals surface area contributed by atoms with Crippen molar-refractivity contribution >= 4 is 23.1 Å². The smallest absolute Gasteiger partial charge is 0.231 e. The minimum absolute atomic E-state index is 0.176. The number of hydrogen-bond donors (Lipinski definition) is 0. The number of fused-ring (bicyclic) bond motifs is 2. The lowest BCUT2D eigenvalue weighted by Crippen LogP contribution is -2.49. The molecule has 0 aromatic carbocycles. The van der Waals surface area contributed by atoms with Gasteiger partial charge in [0.1, 0.15) is 0 Å². The lowest BCUT2D eigenvalue weighted by Gasteiger charge is -2.37. The summed E-state index contributed by atoms with van der Waals surface area (Å²) < 4.78 is 11.5. The van der Waals surface area contributed by atoms with Gasteiger partial charge in [0.2, 0.25) is 5.91 Å². The number of likely N-dealkylation sites (tertiary alicyclic amines) is 1. The van der Waals surface area contributed by atoms with Gasteiger partial charge >= 0.3 is 0 Å². The summed E-state index contributed by atoms with van der Waals surface area (Å²) in [6.07, 6.45) is 9.32. The van der Waals surface area contributed by atoms with Crippen LogP contribution in [-0.4, -0.2) is 71.7 Å². The quantitative estimate of drug-likeness (QED) is 0.475. The molecule has 1 aliphatic carbocycles. The summed E-state index contributed by atoms with van der Waals surface area (Å²) in [4.78, 5) is 24.7. The summed E-state index contributed by atoms with van der Waals surface area (Å²) in [5.41, 5.74) is 3.21. The SMILES string of the molecule is COC1COCCC1C[C@@H]1C[C@H]2CN(C(=S)CCC(C)C)C[C@@]2(C(=O)N2CCc3ncc(C)cc3C2)C1. The van der Waals surface area contributed by atoms with Gasteiger partial charge in [0.25, 0.3) is 0 Å². The van der Waals surface area contributed by atoms with Crippen LogP contribution < -0.4 is 0 Å². The van der Waals surface area contributed by atoms with E-state index in [4.69, 9.17) is 21.7 Å². The van der Waals surface area contributed by atoms with Crippen molar-refractivity contribution in [1.29, 1.82) is 0 Å². The Morgan fingerprint density at radius 2 is 2.19 bits per heavy atom. The zero-order chi connectivity index (χ0) is 26.2. The first-order chi connectivity index (χ1) is 17.8. The van der Waals surface area contributed by atoms with E-state index in [-0.39, 0.29) is 11.5 Å². The molecule has 4 aliphatic rings. The number of ether oxygens (including phenoxy) is 2. The van der Waals surface area contributed by atoms with E-state index in [1.807, 2.05) is 13.3 Å². The molecule has 3 fully saturated rings. The molecule has 204 valence electrons. The zero-order valence-corrected chi connectivity index (χ0v) is 24.0. The van der Waals surface area contributed by atoms with Crippen molar-refractivity contribution in [1.82, 2.24) is 14.8 Å². The Hall–Kier alpha value is -1.57. The Bertz CT molecular complexity index is 1000. The number of carbonyl (C=O) groups is 1. The number of aryl methyl sites for hydroxylation is 1. The van der Waals surface area contributed by atoms with Gasteiger partial charge in [0.05, 0.1) is 23.1 Å². The Balaban J connectivity index is 1.35. The van der Waals surface area contributed by atoms with E-state index in [2.05, 4.69) is 41.6 Å². The molecule has 1 saturated carbocycles. The predicted octanol–water partition coefficient (Wildman–Crippen LogP) is 4.81. The summed E-state index contributed by atoms with van der Waals surface area (Å²) >= 11 is 5.92. The molecule has 0 N–H and O–H groups in total. The highest BCUT2D eigenvalue weighted by molar-refractivity contribution is 7.80. The molecule has 37 heavy (non-hydrogen) atoms. The van der Waals surface area contributed by atoms with Crippen LogP contribution in [0.4, 0.5) is 0 Å². The van der Waals surface area contributed by atoms with Crippen LogP contribution in [0.3, 0.4) is 0 Å². The summed E-state index contributed by atoms with van der Waals surface area (Å²) in [5, 5.41) is 0. The molecule has 0 spiro atoms. The molecule has 1 amide bonds. The molecule has 0 bridgehead atoms. The highest BCUT2D eigenvalue weighted by Crippen LogP contribution is 2.54. The van der Waals surface area contributed by atoms with Crippen molar-refractivity contribution in [3.8, 4) is 0 Å². The third-order valence-electron chi connectivity index (χ3n) is 9.52. The molecular formula is C30H45N3O3S. The van der Waals surface area contributed by atoms with E-state index in [1.54, 1.807) is 0 Å². The molecule has 7 heteroatoms. The van der Waals surface area contributed by atoms with Crippen LogP contribution >= 0.6 is 12.2 Å². The molecular weight excluding hydrogens is 482 g/mol. The monoisotopic (exact) mass is 527 g/mol. The Labute approximate surface area is 228 Å². The minimum atomic E-state index is -0.324. The van der Waals surface area contributed by atoms with E-state index in [9.17, 15) is 4.79 Å². The summed E-state index contributed by atoms with van der Waals surface area (Å²) in [6.45, 7) is 11.3. The summed E-state index contributed by atoms with van der Waals surface area (Å²) in [5.74, 6) is 2.45. The van der Waals surface area contributed by atoms with Crippen LogP contribution in [0, 0.1) is 36.0 Å². The van der Waals surface area contributed by atoms with Gasteiger partial charge in [-0.3, -0.25) is 9.78 Å². The third kappa shape index (κ3) is 5.60. The fourth-order valence-corrected chi connectivity index (χ4v) is 7.78. The second kappa shape index (κ2) is 11.3. The van der Waals surface area contributed by atoms with Gasteiger partial charge in [-0.05, 0) is 80.2 Å². The molecule has 5 rings (SSSR count). The lowest BCUT2D eigenvalue weighted by atomic mass is 9.78. The molecule has 2 unspecified atom stereocenters. The average molecular weight is 528 g/mol. The second-order valence-electron chi connectivity index (χ2n) is 12.6. The Kier molecular flexibility index (Phi) is 8.23. The largest absolute Gasteiger partial charge is 0.379 e. The Morgan fingerprint density at radius 1 is 1.35 bits per heavy atom. The van der Waals surface area contributed by atoms with Gasteiger partial charge in [-0.1, -0.05) is 32.1 Å². The topological polar surface area (TPSA) is 54.9 Å². The van der Waals surface area contributed by atoms with Crippen LogP contribution in [0.15, 0.2) is 12.3 Å². The number of aromatic nitrogens is 1. The van der Waals surface area contributed by atoms with Crippen LogP contribution in [0.25, 0.3) is 0 Å². The summed E-state index contributed by atoms with van der Waals surface area (Å²) in [6, 6.07) is 2.21. The van der Waals surface area contributed by atoms with E-state index in [0.717, 1.165) is 87.4 Å². The third-order valence-corrected chi connectivity index (χ3v) is 9.99. The first-order valence-corrected chi connectivity index (χ1v) is 14.8. The maximum absolute atomic E-state index is 14.5. The average Bonchev–Trinajstić information content (AvgIpc) is 3.41. The number of carbonyl (C=O) groups excluding carboxylic acids is 1. The van der Waals surface area contributed by atoms with Gasteiger partial charge in [-0.2, -0.15) is 0 Å². The number of rotatable bonds is 7. The minimum Gasteiger partial charge on any atom is -0.379 e. The van der Waals surface area contributed by atoms with Crippen molar-refractivity contribution < 1.29 is 14.3 Å². The molecule has 3 aliphatic heterocycles. The predicted molar refractivity (Wildman–Crippen MR) is 149 cm³/mol. The number of methoxy groups -OCH3 is 1. The van der Waals surface area contributed by atoms with Crippen molar-refractivity contribution in [2.75, 3.05) is 40.0 Å². The van der Waals surface area contributed by atoms with Gasteiger partial charge < -0.3 is 19.3 Å². The van der Waals surface area contributed by atoms with Crippen molar-refractivity contribution in [2.45, 2.75) is 78.4 Å². The second-order valence-corrected chi connectivity index (χ2v) is 13.1. The molecule has 2 saturated heterocycles. The van der Waals surface area contributed by atoms with E-state index in [1.165, 1.54) is 5.56 Å². The van der Waals surface area contributed by atoms with E-state index < -0.39 is 0 Å². The van der Waals surface area contributed by atoms with Crippen molar-refractivity contribution in [3.63, 3.8) is 0 Å². The normalized spacial score (nSPS) is 31.5. The fourth-order valence-electron chi connectivity index (χ4n) is 7.52. The molecule has 1 aromatic rings. The molecule has 5 atom stereocenters. The van der Waals surface area contributed by atoms with Gasteiger partial charge in [0.15, 0.2) is 0 Å². The Morgan fingerprint density at radius 3 is 2.97 bits per heavy atom. The summed E-state index contributed by atoms with van der Waals surface area (Å²) in [7, 11) is 1.81. The highest BCUT2D eigenvalue weighted by atomic mass is 32.1. The molecule has 0 radical (unpaired) electrons. The van der Waals surface area contributed by atoms with Gasteiger partial charge in [-0.15, -0.1) is 0 Å². The number of amides is 1. The maximum atomic E-state index is 14.5. The molecule has 4 heterocycles. The van der Waals surface area contributed by atoms with E-state index >= 15 is 0 Å². The van der Waals surface area contributed by atoms with Gasteiger partial charge in [0, 0.05) is 58.2 Å². The van der Waals surface area contributed by atoms with Crippen LogP contribution in [-0.2, 0) is 27.2 Å².